The van der Waals surface area contributed by atoms with Gasteiger partial charge in [0.1, 0.15) is 23.1 Å². The Balaban J connectivity index is 1.86. The molecule has 0 aliphatic carbocycles. The number of carbonyl (C=O) groups is 1. The third kappa shape index (κ3) is 3.52. The molecule has 29 heavy (non-hydrogen) atoms. The van der Waals surface area contributed by atoms with Crippen LogP contribution in [0.25, 0.3) is 6.08 Å². The maximum atomic E-state index is 14.5. The standard InChI is InChI=1S/C23H16F2N2O2/c1-29-21-9-5-2-6-15(21)14-20-23(28)27(17-12-10-16(24)11-13-17)22(26-20)18-7-3-4-8-19(18)25/h2-14H,1H3/b20-14+. The lowest BCUT2D eigenvalue weighted by Gasteiger charge is -2.18. The van der Waals surface area contributed by atoms with Crippen LogP contribution in [0.2, 0.25) is 0 Å². The van der Waals surface area contributed by atoms with Crippen LogP contribution in [0, 0.1) is 11.6 Å². The number of methoxy groups -OCH3 is 1. The number of carbonyl (C=O) groups excluding carboxylic acids is 1. The van der Waals surface area contributed by atoms with E-state index in [1.807, 2.05) is 12.1 Å². The first kappa shape index (κ1) is 18.6. The summed E-state index contributed by atoms with van der Waals surface area (Å²) in [6.07, 6.45) is 1.59. The van der Waals surface area contributed by atoms with E-state index in [1.165, 1.54) is 42.3 Å². The summed E-state index contributed by atoms with van der Waals surface area (Å²) in [6, 6.07) is 18.6. The van der Waals surface area contributed by atoms with Crippen LogP contribution in [-0.4, -0.2) is 18.9 Å². The molecule has 0 N–H and O–H groups in total. The van der Waals surface area contributed by atoms with Gasteiger partial charge in [-0.2, -0.15) is 0 Å². The summed E-state index contributed by atoms with van der Waals surface area (Å²) in [4.78, 5) is 18.9. The molecule has 144 valence electrons. The fraction of sp³-hybridized carbons (Fsp3) is 0.0435. The van der Waals surface area contributed by atoms with Gasteiger partial charge in [0, 0.05) is 5.56 Å². The molecule has 0 saturated heterocycles. The molecule has 0 radical (unpaired) electrons. The molecule has 1 heterocycles. The quantitative estimate of drug-likeness (QED) is 0.600. The van der Waals surface area contributed by atoms with Gasteiger partial charge in [-0.25, -0.2) is 13.8 Å². The Bertz CT molecular complexity index is 1140. The number of para-hydroxylation sites is 1. The number of amidine groups is 1. The molecule has 1 aliphatic rings. The zero-order valence-corrected chi connectivity index (χ0v) is 15.5. The largest absolute Gasteiger partial charge is 0.496 e. The van der Waals surface area contributed by atoms with Gasteiger partial charge in [-0.1, -0.05) is 30.3 Å². The first-order chi connectivity index (χ1) is 14.1. The number of nitrogens with zero attached hydrogens (tertiary/aromatic N) is 2. The molecule has 0 atom stereocenters. The van der Waals surface area contributed by atoms with Gasteiger partial charge in [-0.15, -0.1) is 0 Å². The van der Waals surface area contributed by atoms with Crippen molar-refractivity contribution in [2.75, 3.05) is 12.0 Å². The highest BCUT2D eigenvalue weighted by Crippen LogP contribution is 2.30. The first-order valence-electron chi connectivity index (χ1n) is 8.87. The fourth-order valence-electron chi connectivity index (χ4n) is 3.10. The Morgan fingerprint density at radius 2 is 1.62 bits per heavy atom. The number of hydrogen-bond acceptors (Lipinski definition) is 3. The van der Waals surface area contributed by atoms with Gasteiger partial charge in [0.25, 0.3) is 5.91 Å². The smallest absolute Gasteiger partial charge is 0.282 e. The minimum atomic E-state index is -0.510. The molecule has 1 aliphatic heterocycles. The van der Waals surface area contributed by atoms with Crippen molar-refractivity contribution in [2.45, 2.75) is 0 Å². The molecule has 0 unspecified atom stereocenters. The van der Waals surface area contributed by atoms with Crippen LogP contribution in [-0.2, 0) is 4.79 Å². The van der Waals surface area contributed by atoms with Crippen molar-refractivity contribution >= 4 is 23.5 Å². The average molecular weight is 390 g/mol. The van der Waals surface area contributed by atoms with Crippen LogP contribution in [0.15, 0.2) is 83.5 Å². The summed E-state index contributed by atoms with van der Waals surface area (Å²) in [5.74, 6) is -0.670. The van der Waals surface area contributed by atoms with Crippen LogP contribution in [0.1, 0.15) is 11.1 Å². The molecule has 0 fully saturated rings. The second kappa shape index (κ2) is 7.67. The third-order valence-corrected chi connectivity index (χ3v) is 4.49. The van der Waals surface area contributed by atoms with Crippen molar-refractivity contribution in [1.82, 2.24) is 0 Å². The van der Waals surface area contributed by atoms with E-state index in [9.17, 15) is 13.6 Å². The van der Waals surface area contributed by atoms with Crippen LogP contribution >= 0.6 is 0 Å². The lowest BCUT2D eigenvalue weighted by Crippen LogP contribution is -2.33. The van der Waals surface area contributed by atoms with Crippen molar-refractivity contribution in [3.05, 3.63) is 101 Å². The summed E-state index contributed by atoms with van der Waals surface area (Å²) in [5, 5.41) is 0. The first-order valence-corrected chi connectivity index (χ1v) is 8.87. The van der Waals surface area contributed by atoms with Gasteiger partial charge in [-0.3, -0.25) is 9.69 Å². The van der Waals surface area contributed by atoms with Crippen molar-refractivity contribution in [3.63, 3.8) is 0 Å². The second-order valence-electron chi connectivity index (χ2n) is 6.30. The number of ether oxygens (including phenoxy) is 1. The Morgan fingerprint density at radius 1 is 0.931 bits per heavy atom. The molecule has 3 aromatic carbocycles. The van der Waals surface area contributed by atoms with Gasteiger partial charge in [0.2, 0.25) is 0 Å². The number of halogens is 2. The molecule has 0 bridgehead atoms. The molecule has 0 saturated carbocycles. The Morgan fingerprint density at radius 3 is 2.34 bits per heavy atom. The molecular weight excluding hydrogens is 374 g/mol. The topological polar surface area (TPSA) is 41.9 Å². The van der Waals surface area contributed by atoms with Crippen molar-refractivity contribution in [2.24, 2.45) is 4.99 Å². The van der Waals surface area contributed by atoms with Gasteiger partial charge in [-0.05, 0) is 48.5 Å². The van der Waals surface area contributed by atoms with Crippen LogP contribution in [0.3, 0.4) is 0 Å². The van der Waals surface area contributed by atoms with Crippen molar-refractivity contribution < 1.29 is 18.3 Å². The second-order valence-corrected chi connectivity index (χ2v) is 6.30. The predicted molar refractivity (Wildman–Crippen MR) is 108 cm³/mol. The van der Waals surface area contributed by atoms with Crippen molar-refractivity contribution in [1.29, 1.82) is 0 Å². The maximum absolute atomic E-state index is 14.5. The van der Waals surface area contributed by atoms with E-state index < -0.39 is 17.5 Å². The number of anilines is 1. The zero-order chi connectivity index (χ0) is 20.4. The summed E-state index contributed by atoms with van der Waals surface area (Å²) in [6.45, 7) is 0. The lowest BCUT2D eigenvalue weighted by molar-refractivity contribution is -0.113. The van der Waals surface area contributed by atoms with Crippen LogP contribution in [0.5, 0.6) is 5.75 Å². The Kier molecular flexibility index (Phi) is 4.91. The summed E-state index contributed by atoms with van der Waals surface area (Å²) in [5.41, 5.74) is 1.35. The van der Waals surface area contributed by atoms with Gasteiger partial charge in [0.15, 0.2) is 5.84 Å². The Hall–Kier alpha value is -3.80. The third-order valence-electron chi connectivity index (χ3n) is 4.49. The molecule has 0 aromatic heterocycles. The van der Waals surface area contributed by atoms with E-state index in [0.717, 1.165) is 0 Å². The van der Waals surface area contributed by atoms with E-state index in [1.54, 1.807) is 36.4 Å². The lowest BCUT2D eigenvalue weighted by atomic mass is 10.1. The van der Waals surface area contributed by atoms with Crippen LogP contribution < -0.4 is 9.64 Å². The van der Waals surface area contributed by atoms with Crippen LogP contribution in [0.4, 0.5) is 14.5 Å². The highest BCUT2D eigenvalue weighted by molar-refractivity contribution is 6.33. The summed E-state index contributed by atoms with van der Waals surface area (Å²) in [7, 11) is 1.53. The Labute approximate surface area is 166 Å². The highest BCUT2D eigenvalue weighted by atomic mass is 19.1. The van der Waals surface area contributed by atoms with E-state index >= 15 is 0 Å². The summed E-state index contributed by atoms with van der Waals surface area (Å²) < 4.78 is 33.2. The minimum Gasteiger partial charge on any atom is -0.496 e. The molecule has 3 aromatic rings. The highest BCUT2D eigenvalue weighted by Gasteiger charge is 2.33. The number of rotatable bonds is 4. The van der Waals surface area contributed by atoms with Gasteiger partial charge in [0.05, 0.1) is 18.4 Å². The predicted octanol–water partition coefficient (Wildman–Crippen LogP) is 4.81. The normalized spacial score (nSPS) is 15.0. The molecule has 1 amide bonds. The number of benzene rings is 3. The van der Waals surface area contributed by atoms with Crippen molar-refractivity contribution in [3.8, 4) is 5.75 Å². The molecule has 6 heteroatoms. The molecular formula is C23H16F2N2O2. The van der Waals surface area contributed by atoms with E-state index in [4.69, 9.17) is 4.74 Å². The average Bonchev–Trinajstić information content (AvgIpc) is 3.05. The fourth-order valence-corrected chi connectivity index (χ4v) is 3.10. The van der Waals surface area contributed by atoms with Gasteiger partial charge < -0.3 is 4.74 Å². The molecule has 0 spiro atoms. The number of hydrogen-bond donors (Lipinski definition) is 0. The monoisotopic (exact) mass is 390 g/mol. The van der Waals surface area contributed by atoms with E-state index in [2.05, 4.69) is 4.99 Å². The molecule has 4 nitrogen and oxygen atoms in total. The molecule has 4 rings (SSSR count). The zero-order valence-electron chi connectivity index (χ0n) is 15.5. The van der Waals surface area contributed by atoms with E-state index in [0.29, 0.717) is 17.0 Å². The summed E-state index contributed by atoms with van der Waals surface area (Å²) >= 11 is 0. The van der Waals surface area contributed by atoms with E-state index in [-0.39, 0.29) is 17.1 Å². The maximum Gasteiger partial charge on any atom is 0.282 e. The number of aliphatic imine (C=N–C) groups is 1. The minimum absolute atomic E-state index is 0.122. The number of amides is 1. The SMILES string of the molecule is COc1ccccc1/C=C1/N=C(c2ccccc2F)N(c2ccc(F)cc2)C1=O. The van der Waals surface area contributed by atoms with Gasteiger partial charge >= 0.3 is 0 Å².